The lowest BCUT2D eigenvalue weighted by Crippen LogP contribution is -1.93. The lowest BCUT2D eigenvalue weighted by atomic mass is 10.1. The molecule has 0 amide bonds. The van der Waals surface area contributed by atoms with Crippen LogP contribution in [0, 0.1) is 83.1 Å². The van der Waals surface area contributed by atoms with Gasteiger partial charge in [-0.3, -0.25) is 24.9 Å². The molecule has 0 spiro atoms. The van der Waals surface area contributed by atoms with E-state index < -0.39 is 0 Å². The highest BCUT2D eigenvalue weighted by atomic mass is 15.0. The summed E-state index contributed by atoms with van der Waals surface area (Å²) in [4.78, 5) is 21.9. The highest BCUT2D eigenvalue weighted by molar-refractivity contribution is 6.13. The molecule has 564 valence electrons. The summed E-state index contributed by atoms with van der Waals surface area (Å²) in [5.41, 5.74) is 33.3. The number of benzene rings is 7. The second-order valence-electron chi connectivity index (χ2n) is 26.2. The first kappa shape index (κ1) is 84.4. The summed E-state index contributed by atoms with van der Waals surface area (Å²) in [6, 6.07) is 51.3. The Labute approximate surface area is 644 Å². The summed E-state index contributed by atoms with van der Waals surface area (Å²) in [5, 5.41) is 12.9. The van der Waals surface area contributed by atoms with Gasteiger partial charge in [0.25, 0.3) is 0 Å². The van der Waals surface area contributed by atoms with Crippen LogP contribution in [-0.2, 0) is 42.3 Å². The molecule has 11 nitrogen and oxygen atoms in total. The fourth-order valence-corrected chi connectivity index (χ4v) is 14.7. The van der Waals surface area contributed by atoms with Crippen LogP contribution in [0.3, 0.4) is 0 Å². The van der Waals surface area contributed by atoms with Crippen molar-refractivity contribution in [3.05, 3.63) is 256 Å². The Morgan fingerprint density at radius 1 is 0.204 bits per heavy atom. The summed E-state index contributed by atoms with van der Waals surface area (Å²) in [7, 11) is 12.7. The van der Waals surface area contributed by atoms with Crippen LogP contribution in [0.25, 0.3) is 131 Å². The maximum Gasteiger partial charge on any atom is 0.0962 e. The van der Waals surface area contributed by atoms with Gasteiger partial charge in [0.05, 0.1) is 72.4 Å². The number of hydrogen-bond acceptors (Lipinski definition) is 5. The predicted octanol–water partition coefficient (Wildman–Crippen LogP) is 26.8. The van der Waals surface area contributed by atoms with Gasteiger partial charge in [0.2, 0.25) is 0 Å². The molecule has 0 aliphatic carbocycles. The van der Waals surface area contributed by atoms with Gasteiger partial charge in [-0.1, -0.05) is 186 Å². The minimum atomic E-state index is 1.10. The second kappa shape index (κ2) is 38.1. The Kier molecular flexibility index (Phi) is 29.7. The fourth-order valence-electron chi connectivity index (χ4n) is 14.7. The minimum absolute atomic E-state index is 1.10. The third-order valence-corrected chi connectivity index (χ3v) is 20.9. The van der Waals surface area contributed by atoms with Crippen LogP contribution in [0.5, 0.6) is 0 Å². The first-order valence-corrected chi connectivity index (χ1v) is 39.1. The lowest BCUT2D eigenvalue weighted by Gasteiger charge is -2.04. The molecule has 11 aromatic heterocycles. The molecule has 108 heavy (non-hydrogen) atoms. The molecule has 0 N–H and O–H groups in total. The van der Waals surface area contributed by atoms with Crippen molar-refractivity contribution in [2.45, 2.75) is 166 Å². The molecular weight excluding hydrogens is 1320 g/mol. The van der Waals surface area contributed by atoms with Crippen molar-refractivity contribution >= 4 is 131 Å². The first-order chi connectivity index (χ1) is 52.2. The second-order valence-corrected chi connectivity index (χ2v) is 26.2. The van der Waals surface area contributed by atoms with Gasteiger partial charge in [-0.25, -0.2) is 0 Å². The Bertz CT molecular complexity index is 5110. The van der Waals surface area contributed by atoms with Crippen LogP contribution in [-0.4, -0.2) is 52.3 Å². The molecular formula is C97H121N11. The molecule has 7 aromatic carbocycles. The van der Waals surface area contributed by atoms with Crippen LogP contribution in [0.15, 0.2) is 189 Å². The van der Waals surface area contributed by atoms with Crippen molar-refractivity contribution in [1.29, 1.82) is 0 Å². The number of hydrogen-bond donors (Lipinski definition) is 0. The zero-order valence-electron chi connectivity index (χ0n) is 70.8. The highest BCUT2D eigenvalue weighted by Crippen LogP contribution is 2.36. The number of aromatic nitrogens is 11. The van der Waals surface area contributed by atoms with Crippen molar-refractivity contribution in [3.63, 3.8) is 0 Å². The van der Waals surface area contributed by atoms with Gasteiger partial charge in [0, 0.05) is 150 Å². The molecule has 18 rings (SSSR count). The number of fused-ring (bicyclic) bond motifs is 18. The van der Waals surface area contributed by atoms with Gasteiger partial charge in [-0.2, -0.15) is 0 Å². The van der Waals surface area contributed by atoms with Crippen LogP contribution in [0.2, 0.25) is 0 Å². The highest BCUT2D eigenvalue weighted by Gasteiger charge is 2.17. The number of aryl methyl sites for hydroxylation is 18. The van der Waals surface area contributed by atoms with Crippen molar-refractivity contribution < 1.29 is 0 Å². The van der Waals surface area contributed by atoms with Crippen molar-refractivity contribution in [2.75, 3.05) is 0 Å². The molecule has 0 radical (unpaired) electrons. The molecule has 0 saturated heterocycles. The average Bonchev–Trinajstić information content (AvgIpc) is 1.66. The van der Waals surface area contributed by atoms with Crippen molar-refractivity contribution in [2.24, 2.45) is 42.3 Å². The molecule has 0 atom stereocenters. The van der Waals surface area contributed by atoms with E-state index in [0.717, 1.165) is 16.7 Å². The smallest absolute Gasteiger partial charge is 0.0962 e. The molecule has 11 heteroatoms. The third kappa shape index (κ3) is 16.0. The number of rotatable bonds is 0. The Morgan fingerprint density at radius 2 is 0.546 bits per heavy atom. The molecule has 11 heterocycles. The number of nitrogens with zero attached hydrogens (tertiary/aromatic N) is 11. The van der Waals surface area contributed by atoms with E-state index in [1.165, 1.54) is 181 Å². The average molecular weight is 1440 g/mol. The minimum Gasteiger partial charge on any atom is -0.343 e. The molecule has 0 bridgehead atoms. The summed E-state index contributed by atoms with van der Waals surface area (Å²) >= 11 is 0. The molecule has 0 aliphatic heterocycles. The maximum absolute atomic E-state index is 4.57. The summed E-state index contributed by atoms with van der Waals surface area (Å²) in [6.07, 6.45) is 13.4. The van der Waals surface area contributed by atoms with E-state index in [1.54, 1.807) is 0 Å². The van der Waals surface area contributed by atoms with Gasteiger partial charge in [0.15, 0.2) is 0 Å². The standard InChI is InChI=1S/C15H15N.5C14H14N2.6C2H6/c1-10-8-9-13-12-6-4-5-7-14(12)16(3)15(13)11(10)2;1-9-4-5-12-11-6-7-15-8-13(11)16(3)14(12)10(9)2;1-9-4-5-11-12-8-15-7-6-13(12)16(3)14(11)10(9)2;1-9-6-7-11-13-12(5-4-8-15-13)16(3)14(11)10(9)2;1-9-10(2)15-8-12-11-6-4-5-7-13(11)16(3)14(9)12;1-9-8-15-13-11-6-4-5-7-12(11)16(3)14(13)10(9)2;6*1-2/h4-9H,1-3H3;5*4-8H,1-3H3;6*1-2H3. The van der Waals surface area contributed by atoms with E-state index in [9.17, 15) is 0 Å². The largest absolute Gasteiger partial charge is 0.343 e. The van der Waals surface area contributed by atoms with Crippen LogP contribution < -0.4 is 0 Å². The summed E-state index contributed by atoms with van der Waals surface area (Å²) in [6.45, 7) is 49.9. The quantitative estimate of drug-likeness (QED) is 0.151. The summed E-state index contributed by atoms with van der Waals surface area (Å²) in [5.74, 6) is 0. The first-order valence-electron chi connectivity index (χ1n) is 39.1. The van der Waals surface area contributed by atoms with Crippen LogP contribution >= 0.6 is 0 Å². The topological polar surface area (TPSA) is 94.0 Å². The van der Waals surface area contributed by atoms with Gasteiger partial charge in [-0.05, 0) is 187 Å². The zero-order chi connectivity index (χ0) is 79.7. The van der Waals surface area contributed by atoms with E-state index in [-0.39, 0.29) is 0 Å². The van der Waals surface area contributed by atoms with E-state index in [0.29, 0.717) is 0 Å². The van der Waals surface area contributed by atoms with E-state index in [4.69, 9.17) is 0 Å². The maximum atomic E-state index is 4.57. The summed E-state index contributed by atoms with van der Waals surface area (Å²) < 4.78 is 13.5. The predicted molar refractivity (Wildman–Crippen MR) is 476 cm³/mol. The fraction of sp³-hybridized carbons (Fsp3) is 0.309. The zero-order valence-corrected chi connectivity index (χ0v) is 70.8. The third-order valence-electron chi connectivity index (χ3n) is 20.9. The lowest BCUT2D eigenvalue weighted by molar-refractivity contribution is 0.999. The molecule has 18 aromatic rings. The van der Waals surface area contributed by atoms with Crippen LogP contribution in [0.4, 0.5) is 0 Å². The van der Waals surface area contributed by atoms with E-state index in [2.05, 4.69) is 317 Å². The van der Waals surface area contributed by atoms with Gasteiger partial charge >= 0.3 is 0 Å². The van der Waals surface area contributed by atoms with Crippen molar-refractivity contribution in [1.82, 2.24) is 52.3 Å². The molecule has 0 saturated carbocycles. The SMILES string of the molecule is CC.CC.CC.CC.CC.CC.Cc1ccc2c3ccccc3n(C)c2c1C.Cc1ccc2c3ccncc3n(C)c2c1C.Cc1ccc2c3cnccc3n(C)c2c1C.Cc1ccc2c3ncccc3n(C)c2c1C.Cc1cnc2c3ccccc3n(C)c2c1C.Cc1ncc2c3ccccc3n(C)c2c1C. The number of pyridine rings is 5. The molecule has 0 unspecified atom stereocenters. The normalized spacial score (nSPS) is 10.5. The van der Waals surface area contributed by atoms with Gasteiger partial charge in [0.1, 0.15) is 0 Å². The molecule has 0 aliphatic rings. The van der Waals surface area contributed by atoms with Gasteiger partial charge < -0.3 is 27.4 Å². The monoisotopic (exact) mass is 1440 g/mol. The van der Waals surface area contributed by atoms with Crippen molar-refractivity contribution in [3.8, 4) is 0 Å². The Hall–Kier alpha value is -10.9. The van der Waals surface area contributed by atoms with E-state index in [1.807, 2.05) is 133 Å². The number of para-hydroxylation sites is 3. The molecule has 0 fully saturated rings. The Balaban J connectivity index is 0.000000175. The van der Waals surface area contributed by atoms with E-state index >= 15 is 0 Å². The van der Waals surface area contributed by atoms with Gasteiger partial charge in [-0.15, -0.1) is 0 Å². The van der Waals surface area contributed by atoms with Crippen LogP contribution in [0.1, 0.15) is 150 Å². The Morgan fingerprint density at radius 3 is 1.05 bits per heavy atom.